The number of imidazole rings is 1. The highest BCUT2D eigenvalue weighted by molar-refractivity contribution is 14.1. The predicted molar refractivity (Wildman–Crippen MR) is 65.1 cm³/mol. The molecule has 3 nitrogen and oxygen atoms in total. The fourth-order valence-corrected chi connectivity index (χ4v) is 2.28. The molecule has 0 amide bonds. The summed E-state index contributed by atoms with van der Waals surface area (Å²) in [5.74, 6) is 0.657. The van der Waals surface area contributed by atoms with Crippen molar-refractivity contribution in [1.29, 1.82) is 0 Å². The van der Waals surface area contributed by atoms with Crippen LogP contribution in [0, 0.1) is 3.57 Å². The highest BCUT2D eigenvalue weighted by atomic mass is 127. The van der Waals surface area contributed by atoms with Crippen LogP contribution >= 0.6 is 22.6 Å². The molecule has 4 heteroatoms. The number of benzene rings is 1. The van der Waals surface area contributed by atoms with Gasteiger partial charge in [-0.05, 0) is 53.6 Å². The van der Waals surface area contributed by atoms with Gasteiger partial charge in [-0.3, -0.25) is 0 Å². The van der Waals surface area contributed by atoms with Gasteiger partial charge >= 0.3 is 0 Å². The van der Waals surface area contributed by atoms with Gasteiger partial charge in [-0.1, -0.05) is 0 Å². The van der Waals surface area contributed by atoms with Crippen molar-refractivity contribution in [1.82, 2.24) is 9.55 Å². The van der Waals surface area contributed by atoms with E-state index in [2.05, 4.69) is 50.3 Å². The van der Waals surface area contributed by atoms with Crippen LogP contribution in [0.1, 0.15) is 18.9 Å². The first kappa shape index (κ1) is 8.52. The van der Waals surface area contributed by atoms with Gasteiger partial charge < -0.3 is 10.3 Å². The van der Waals surface area contributed by atoms with Crippen LogP contribution in [0.3, 0.4) is 0 Å². The lowest BCUT2D eigenvalue weighted by Gasteiger charge is -2.02. The second kappa shape index (κ2) is 2.85. The molecule has 14 heavy (non-hydrogen) atoms. The zero-order valence-electron chi connectivity index (χ0n) is 7.57. The first-order valence-electron chi connectivity index (χ1n) is 4.68. The summed E-state index contributed by atoms with van der Waals surface area (Å²) < 4.78 is 3.36. The monoisotopic (exact) mass is 299 g/mol. The second-order valence-electron chi connectivity index (χ2n) is 3.70. The number of anilines is 1. The predicted octanol–water partition coefficient (Wildman–Crippen LogP) is 2.56. The summed E-state index contributed by atoms with van der Waals surface area (Å²) in [6, 6.07) is 6.88. The van der Waals surface area contributed by atoms with Gasteiger partial charge in [-0.15, -0.1) is 0 Å². The first-order chi connectivity index (χ1) is 6.75. The number of hydrogen-bond acceptors (Lipinski definition) is 2. The average molecular weight is 299 g/mol. The zero-order chi connectivity index (χ0) is 9.71. The lowest BCUT2D eigenvalue weighted by molar-refractivity contribution is 0.779. The Bertz CT molecular complexity index is 499. The van der Waals surface area contributed by atoms with Crippen LogP contribution in [0.25, 0.3) is 11.0 Å². The van der Waals surface area contributed by atoms with Gasteiger partial charge in [-0.2, -0.15) is 0 Å². The van der Waals surface area contributed by atoms with Crippen molar-refractivity contribution in [2.24, 2.45) is 0 Å². The molecule has 1 aliphatic rings. The van der Waals surface area contributed by atoms with Crippen LogP contribution in [-0.2, 0) is 0 Å². The molecule has 1 aromatic heterocycles. The van der Waals surface area contributed by atoms with Gasteiger partial charge in [-0.25, -0.2) is 4.98 Å². The Morgan fingerprint density at radius 2 is 2.21 bits per heavy atom. The normalized spacial score (nSPS) is 16.4. The maximum Gasteiger partial charge on any atom is 0.201 e. The van der Waals surface area contributed by atoms with Crippen LogP contribution in [-0.4, -0.2) is 9.55 Å². The summed E-state index contributed by atoms with van der Waals surface area (Å²) in [4.78, 5) is 4.37. The van der Waals surface area contributed by atoms with Crippen molar-refractivity contribution in [2.45, 2.75) is 18.9 Å². The Kier molecular flexibility index (Phi) is 1.74. The Hall–Kier alpha value is -0.780. The largest absolute Gasteiger partial charge is 0.369 e. The number of nitrogen functional groups attached to an aromatic ring is 1. The number of nitrogens with two attached hydrogens (primary N) is 1. The molecule has 1 heterocycles. The van der Waals surface area contributed by atoms with Crippen LogP contribution in [0.2, 0.25) is 0 Å². The summed E-state index contributed by atoms with van der Waals surface area (Å²) >= 11 is 2.29. The first-order valence-corrected chi connectivity index (χ1v) is 5.76. The van der Waals surface area contributed by atoms with E-state index in [1.807, 2.05) is 0 Å². The minimum Gasteiger partial charge on any atom is -0.369 e. The van der Waals surface area contributed by atoms with Gasteiger partial charge in [0.05, 0.1) is 11.0 Å². The van der Waals surface area contributed by atoms with Crippen molar-refractivity contribution in [3.05, 3.63) is 21.8 Å². The van der Waals surface area contributed by atoms with Crippen molar-refractivity contribution in [3.8, 4) is 0 Å². The molecule has 1 aliphatic carbocycles. The van der Waals surface area contributed by atoms with Crippen molar-refractivity contribution in [2.75, 3.05) is 5.73 Å². The molecule has 0 bridgehead atoms. The molecule has 1 aromatic carbocycles. The van der Waals surface area contributed by atoms with Gasteiger partial charge in [0.15, 0.2) is 0 Å². The van der Waals surface area contributed by atoms with Gasteiger partial charge in [0.2, 0.25) is 5.95 Å². The number of aromatic nitrogens is 2. The molecule has 2 N–H and O–H groups in total. The molecule has 3 rings (SSSR count). The number of halogens is 1. The van der Waals surface area contributed by atoms with Gasteiger partial charge in [0.1, 0.15) is 0 Å². The van der Waals surface area contributed by atoms with E-state index in [-0.39, 0.29) is 0 Å². The van der Waals surface area contributed by atoms with E-state index in [9.17, 15) is 0 Å². The quantitative estimate of drug-likeness (QED) is 0.822. The molecule has 0 unspecified atom stereocenters. The third-order valence-corrected chi connectivity index (χ3v) is 3.26. The summed E-state index contributed by atoms with van der Waals surface area (Å²) in [6.07, 6.45) is 2.48. The highest BCUT2D eigenvalue weighted by Gasteiger charge is 2.27. The van der Waals surface area contributed by atoms with Gasteiger partial charge in [0, 0.05) is 9.61 Å². The van der Waals surface area contributed by atoms with Crippen LogP contribution < -0.4 is 5.73 Å². The van der Waals surface area contributed by atoms with Crippen molar-refractivity contribution < 1.29 is 0 Å². The van der Waals surface area contributed by atoms with Crippen LogP contribution in [0.5, 0.6) is 0 Å². The Morgan fingerprint density at radius 3 is 2.93 bits per heavy atom. The molecule has 1 fully saturated rings. The fraction of sp³-hybridized carbons (Fsp3) is 0.300. The third kappa shape index (κ3) is 1.20. The number of hydrogen-bond donors (Lipinski definition) is 1. The molecule has 0 spiro atoms. The minimum atomic E-state index is 0.597. The van der Waals surface area contributed by atoms with E-state index in [0.717, 1.165) is 5.52 Å². The van der Waals surface area contributed by atoms with Crippen molar-refractivity contribution in [3.63, 3.8) is 0 Å². The Morgan fingerprint density at radius 1 is 1.43 bits per heavy atom. The zero-order valence-corrected chi connectivity index (χ0v) is 9.73. The summed E-state index contributed by atoms with van der Waals surface area (Å²) in [5.41, 5.74) is 8.08. The number of nitrogens with zero attached hydrogens (tertiary/aromatic N) is 2. The fourth-order valence-electron chi connectivity index (χ4n) is 1.81. The molecule has 0 radical (unpaired) electrons. The molecule has 2 aromatic rings. The molecule has 72 valence electrons. The lowest BCUT2D eigenvalue weighted by Crippen LogP contribution is -2.00. The smallest absolute Gasteiger partial charge is 0.201 e. The molecule has 0 aliphatic heterocycles. The Balaban J connectivity index is 2.32. The Labute approximate surface area is 95.4 Å². The molecular formula is C10H10IN3. The van der Waals surface area contributed by atoms with E-state index in [4.69, 9.17) is 5.73 Å². The SMILES string of the molecule is Nc1nc2cc(I)ccc2n1C1CC1. The molecule has 1 saturated carbocycles. The lowest BCUT2D eigenvalue weighted by atomic mass is 10.3. The number of fused-ring (bicyclic) bond motifs is 1. The van der Waals surface area contributed by atoms with Crippen molar-refractivity contribution >= 4 is 39.6 Å². The number of rotatable bonds is 1. The summed E-state index contributed by atoms with van der Waals surface area (Å²) in [6.45, 7) is 0. The summed E-state index contributed by atoms with van der Waals surface area (Å²) in [7, 11) is 0. The second-order valence-corrected chi connectivity index (χ2v) is 4.95. The topological polar surface area (TPSA) is 43.8 Å². The molecule has 0 atom stereocenters. The average Bonchev–Trinajstić information content (AvgIpc) is 2.89. The van der Waals surface area contributed by atoms with Gasteiger partial charge in [0.25, 0.3) is 0 Å². The van der Waals surface area contributed by atoms with Crippen LogP contribution in [0.4, 0.5) is 5.95 Å². The third-order valence-electron chi connectivity index (χ3n) is 2.59. The maximum atomic E-state index is 5.89. The van der Waals surface area contributed by atoms with E-state index < -0.39 is 0 Å². The van der Waals surface area contributed by atoms with E-state index in [1.54, 1.807) is 0 Å². The molecular weight excluding hydrogens is 289 g/mol. The van der Waals surface area contributed by atoms with E-state index >= 15 is 0 Å². The summed E-state index contributed by atoms with van der Waals surface area (Å²) in [5, 5.41) is 0. The minimum absolute atomic E-state index is 0.597. The van der Waals surface area contributed by atoms with E-state index in [1.165, 1.54) is 21.9 Å². The molecule has 0 saturated heterocycles. The van der Waals surface area contributed by atoms with E-state index in [0.29, 0.717) is 12.0 Å². The van der Waals surface area contributed by atoms with Crippen LogP contribution in [0.15, 0.2) is 18.2 Å². The standard InChI is InChI=1S/C10H10IN3/c11-6-1-4-9-8(5-6)13-10(12)14(9)7-2-3-7/h1,4-5,7H,2-3H2,(H2,12,13). The maximum absolute atomic E-state index is 5.89. The highest BCUT2D eigenvalue weighted by Crippen LogP contribution is 2.39.